The SMILES string of the molecule is CO[C@@H]([C@H](O)CC(=O)[C@@H](C)[C@@H](O)CC[C@@H](C)[C@@H]1O[C@]2(CC[C@@H](C)[C@H](CC[C@H](C)C(C)=O)O2)CC[C@@H]1C)[C@H](OC(=O)C[C@@H](O)/C(C(=O)[O-])=C(\C)C(=O)[O-])C(C)C. The summed E-state index contributed by atoms with van der Waals surface area (Å²) in [5.74, 6) is -6.54. The predicted octanol–water partition coefficient (Wildman–Crippen LogP) is 2.20. The lowest BCUT2D eigenvalue weighted by Crippen LogP contribution is -2.53. The first kappa shape index (κ1) is 48.4. The van der Waals surface area contributed by atoms with Gasteiger partial charge in [-0.15, -0.1) is 0 Å². The molecule has 2 saturated heterocycles. The number of aliphatic hydroxyl groups is 3. The third-order valence-electron chi connectivity index (χ3n) is 11.9. The summed E-state index contributed by atoms with van der Waals surface area (Å²) in [7, 11) is 1.25. The number of carbonyl (C=O) groups excluding carboxylic acids is 5. The van der Waals surface area contributed by atoms with E-state index in [1.165, 1.54) is 7.11 Å². The fourth-order valence-corrected chi connectivity index (χ4v) is 7.80. The molecule has 2 fully saturated rings. The fourth-order valence-electron chi connectivity index (χ4n) is 7.80. The number of ketones is 2. The Bertz CT molecular complexity index is 1340. The van der Waals surface area contributed by atoms with Crippen molar-refractivity contribution >= 4 is 29.5 Å². The summed E-state index contributed by atoms with van der Waals surface area (Å²) >= 11 is 0. The summed E-state index contributed by atoms with van der Waals surface area (Å²) in [5, 5.41) is 55.1. The average molecular weight is 783 g/mol. The van der Waals surface area contributed by atoms with Gasteiger partial charge in [-0.05, 0) is 81.6 Å². The molecular weight excluding hydrogens is 716 g/mol. The van der Waals surface area contributed by atoms with E-state index in [-0.39, 0.29) is 35.7 Å². The summed E-state index contributed by atoms with van der Waals surface area (Å²) in [4.78, 5) is 60.5. The van der Waals surface area contributed by atoms with Crippen LogP contribution in [0.15, 0.2) is 11.1 Å². The van der Waals surface area contributed by atoms with E-state index in [1.807, 2.05) is 6.92 Å². The van der Waals surface area contributed by atoms with Crippen LogP contribution in [0.25, 0.3) is 0 Å². The summed E-state index contributed by atoms with van der Waals surface area (Å²) in [5.41, 5.74) is -1.85. The number of carboxylic acid groups (broad SMARTS) is 2. The maximum atomic E-state index is 13.3. The standard InChI is InChI=1S/C41H68O14/c1-21(2)36(53-34(47)20-31(45)35(40(50)51)27(8)39(48)49)38(52-10)32(46)19-30(44)26(7)29(43)13-11-24(5)37-25(6)16-18-41(55-37)17-15-23(4)33(54-41)14-12-22(3)28(9)42/h21-26,29,31-33,36-38,43,45-46H,11-20H2,1-10H3,(H,48,49)(H,50,51)/p-2/b35-27-/t22-,23+,24+,25-,26-,29-,31+,32+,33-,36+,37-,38-,41+/m0/s1. The Morgan fingerprint density at radius 1 is 0.800 bits per heavy atom. The number of ether oxygens (including phenoxy) is 4. The molecule has 0 saturated carbocycles. The first-order valence-electron chi connectivity index (χ1n) is 19.8. The molecule has 3 N–H and O–H groups in total. The molecule has 2 aliphatic rings. The van der Waals surface area contributed by atoms with Crippen LogP contribution < -0.4 is 10.2 Å². The van der Waals surface area contributed by atoms with Crippen LogP contribution in [-0.4, -0.2) is 100 Å². The fraction of sp³-hybridized carbons (Fsp3) is 0.829. The highest BCUT2D eigenvalue weighted by atomic mass is 16.7. The molecule has 0 radical (unpaired) electrons. The van der Waals surface area contributed by atoms with Crippen molar-refractivity contribution in [3.8, 4) is 0 Å². The van der Waals surface area contributed by atoms with Crippen LogP contribution in [0.5, 0.6) is 0 Å². The van der Waals surface area contributed by atoms with Crippen LogP contribution in [0.4, 0.5) is 0 Å². The van der Waals surface area contributed by atoms with E-state index in [0.29, 0.717) is 18.8 Å². The molecule has 2 aliphatic heterocycles. The number of aliphatic carboxylic acids is 2. The van der Waals surface area contributed by atoms with Gasteiger partial charge in [0.25, 0.3) is 0 Å². The molecule has 0 aliphatic carbocycles. The minimum absolute atomic E-state index is 0.0115. The molecule has 0 amide bonds. The Morgan fingerprint density at radius 2 is 1.40 bits per heavy atom. The van der Waals surface area contributed by atoms with Crippen LogP contribution in [-0.2, 0) is 42.9 Å². The third kappa shape index (κ3) is 13.7. The van der Waals surface area contributed by atoms with Crippen LogP contribution >= 0.6 is 0 Å². The summed E-state index contributed by atoms with van der Waals surface area (Å²) in [6.45, 7) is 15.8. The van der Waals surface area contributed by atoms with Crippen molar-refractivity contribution in [1.29, 1.82) is 0 Å². The number of carboxylic acids is 2. The highest BCUT2D eigenvalue weighted by molar-refractivity contribution is 5.98. The number of Topliss-reactive ketones (excluding diaryl/α,β-unsaturated/α-hetero) is 2. The molecule has 2 heterocycles. The van der Waals surface area contributed by atoms with Crippen molar-refractivity contribution in [3.05, 3.63) is 11.1 Å². The summed E-state index contributed by atoms with van der Waals surface area (Å²) in [6, 6.07) is 0. The number of hydrogen-bond acceptors (Lipinski definition) is 14. The number of aliphatic hydroxyl groups excluding tert-OH is 3. The number of rotatable bonds is 22. The predicted molar refractivity (Wildman–Crippen MR) is 196 cm³/mol. The zero-order chi connectivity index (χ0) is 41.9. The Balaban J connectivity index is 2.00. The second-order valence-corrected chi connectivity index (χ2v) is 16.7. The van der Waals surface area contributed by atoms with E-state index in [1.54, 1.807) is 27.7 Å². The van der Waals surface area contributed by atoms with Crippen molar-refractivity contribution in [1.82, 2.24) is 0 Å². The van der Waals surface area contributed by atoms with Crippen molar-refractivity contribution in [2.24, 2.45) is 35.5 Å². The Kier molecular flexibility index (Phi) is 19.1. The maximum Gasteiger partial charge on any atom is 0.309 e. The smallest absolute Gasteiger partial charge is 0.309 e. The van der Waals surface area contributed by atoms with E-state index in [0.717, 1.165) is 45.4 Å². The average Bonchev–Trinajstić information content (AvgIpc) is 3.10. The van der Waals surface area contributed by atoms with Gasteiger partial charge in [0.1, 0.15) is 23.8 Å². The highest BCUT2D eigenvalue weighted by Crippen LogP contribution is 2.45. The van der Waals surface area contributed by atoms with Gasteiger partial charge in [-0.2, -0.15) is 0 Å². The van der Waals surface area contributed by atoms with E-state index in [4.69, 9.17) is 18.9 Å². The Morgan fingerprint density at radius 3 is 1.93 bits per heavy atom. The zero-order valence-electron chi connectivity index (χ0n) is 34.4. The minimum Gasteiger partial charge on any atom is -0.545 e. The number of hydrogen-bond donors (Lipinski definition) is 3. The van der Waals surface area contributed by atoms with Crippen LogP contribution in [0.2, 0.25) is 0 Å². The van der Waals surface area contributed by atoms with E-state index < -0.39 is 95.8 Å². The molecule has 0 aromatic heterocycles. The molecule has 0 aromatic rings. The van der Waals surface area contributed by atoms with E-state index >= 15 is 0 Å². The zero-order valence-corrected chi connectivity index (χ0v) is 34.4. The lowest BCUT2D eigenvalue weighted by atomic mass is 9.79. The minimum atomic E-state index is -2.08. The molecule has 2 rings (SSSR count). The Hall–Kier alpha value is -2.75. The van der Waals surface area contributed by atoms with Gasteiger partial charge in [-0.3, -0.25) is 14.4 Å². The van der Waals surface area contributed by atoms with Crippen molar-refractivity contribution in [3.63, 3.8) is 0 Å². The molecule has 316 valence electrons. The molecule has 13 atom stereocenters. The topological polar surface area (TPSA) is 229 Å². The highest BCUT2D eigenvalue weighted by Gasteiger charge is 2.47. The first-order valence-corrected chi connectivity index (χ1v) is 19.8. The maximum absolute atomic E-state index is 13.3. The molecule has 55 heavy (non-hydrogen) atoms. The largest absolute Gasteiger partial charge is 0.545 e. The summed E-state index contributed by atoms with van der Waals surface area (Å²) < 4.78 is 24.4. The van der Waals surface area contributed by atoms with Gasteiger partial charge in [0.15, 0.2) is 5.79 Å². The van der Waals surface area contributed by atoms with Crippen LogP contribution in [0, 0.1) is 35.5 Å². The lowest BCUT2D eigenvalue weighted by molar-refractivity contribution is -0.338. The molecule has 0 unspecified atom stereocenters. The van der Waals surface area contributed by atoms with Gasteiger partial charge in [-0.1, -0.05) is 48.5 Å². The van der Waals surface area contributed by atoms with Crippen molar-refractivity contribution < 1.29 is 68.5 Å². The molecular formula is C41H66O14-2. The Labute approximate surface area is 326 Å². The van der Waals surface area contributed by atoms with Gasteiger partial charge in [0.05, 0.1) is 48.9 Å². The quantitative estimate of drug-likeness (QED) is 0.106. The van der Waals surface area contributed by atoms with Gasteiger partial charge >= 0.3 is 5.97 Å². The molecule has 14 nitrogen and oxygen atoms in total. The lowest BCUT2D eigenvalue weighted by Gasteiger charge is -2.51. The molecule has 0 bridgehead atoms. The van der Waals surface area contributed by atoms with Gasteiger partial charge in [-0.25, -0.2) is 0 Å². The summed E-state index contributed by atoms with van der Waals surface area (Å²) in [6.07, 6.45) is -2.41. The normalized spacial score (nSPS) is 27.9. The van der Waals surface area contributed by atoms with Gasteiger partial charge in [0, 0.05) is 43.8 Å². The second kappa shape index (κ2) is 21.7. The third-order valence-corrected chi connectivity index (χ3v) is 11.9. The monoisotopic (exact) mass is 782 g/mol. The molecule has 14 heteroatoms. The first-order chi connectivity index (χ1) is 25.5. The number of methoxy groups -OCH3 is 1. The second-order valence-electron chi connectivity index (χ2n) is 16.7. The van der Waals surface area contributed by atoms with Crippen molar-refractivity contribution in [2.45, 2.75) is 175 Å². The van der Waals surface area contributed by atoms with Crippen LogP contribution in [0.1, 0.15) is 127 Å². The van der Waals surface area contributed by atoms with Crippen molar-refractivity contribution in [2.75, 3.05) is 7.11 Å². The van der Waals surface area contributed by atoms with Gasteiger partial charge < -0.3 is 54.1 Å². The van der Waals surface area contributed by atoms with E-state index in [9.17, 15) is 49.5 Å². The number of esters is 1. The van der Waals surface area contributed by atoms with Gasteiger partial charge in [0.2, 0.25) is 0 Å². The molecule has 0 aromatic carbocycles. The molecule has 1 spiro atoms. The van der Waals surface area contributed by atoms with Crippen LogP contribution in [0.3, 0.4) is 0 Å². The number of carbonyl (C=O) groups is 5. The van der Waals surface area contributed by atoms with E-state index in [2.05, 4.69) is 20.8 Å².